The van der Waals surface area contributed by atoms with Gasteiger partial charge in [-0.25, -0.2) is 4.79 Å². The first-order chi connectivity index (χ1) is 10.9. The number of benzene rings is 1. The molecule has 2 atom stereocenters. The van der Waals surface area contributed by atoms with Gasteiger partial charge < -0.3 is 4.74 Å². The summed E-state index contributed by atoms with van der Waals surface area (Å²) in [5.41, 5.74) is 5.12. The average molecular weight is 310 g/mol. The van der Waals surface area contributed by atoms with E-state index in [9.17, 15) is 9.59 Å². The van der Waals surface area contributed by atoms with Gasteiger partial charge in [0.1, 0.15) is 6.61 Å². The molecule has 4 rings (SSSR count). The van der Waals surface area contributed by atoms with E-state index in [1.807, 2.05) is 0 Å². The maximum Gasteiger partial charge on any atom is 0.334 e. The van der Waals surface area contributed by atoms with Crippen LogP contribution in [0.15, 0.2) is 29.3 Å². The van der Waals surface area contributed by atoms with Gasteiger partial charge in [-0.3, -0.25) is 4.79 Å². The van der Waals surface area contributed by atoms with Crippen molar-refractivity contribution in [3.05, 3.63) is 46.0 Å². The second-order valence-electron chi connectivity index (χ2n) is 7.64. The Morgan fingerprint density at radius 3 is 2.78 bits per heavy atom. The van der Waals surface area contributed by atoms with Crippen LogP contribution in [-0.4, -0.2) is 18.4 Å². The first-order valence-corrected chi connectivity index (χ1v) is 8.48. The van der Waals surface area contributed by atoms with Crippen LogP contribution in [0, 0.1) is 5.92 Å². The fraction of sp³-hybridized carbons (Fsp3) is 0.500. The van der Waals surface area contributed by atoms with Gasteiger partial charge in [-0.15, -0.1) is 0 Å². The molecule has 0 bridgehead atoms. The molecule has 0 saturated carbocycles. The standard InChI is InChI=1S/C20H22O3/c1-11(2)12-4-5-16-14(8-12)18(21)9-17-15-10-23-19(22)13(15)6-7-20(16,17)3/h4-5,8,11,17H,6-7,9-10H2,1-3H3/t17-,20+/m0/s1. The Morgan fingerprint density at radius 2 is 2.04 bits per heavy atom. The number of fused-ring (bicyclic) bond motifs is 4. The van der Waals surface area contributed by atoms with Crippen molar-refractivity contribution in [3.8, 4) is 0 Å². The molecule has 0 N–H and O–H groups in total. The molecule has 120 valence electrons. The van der Waals surface area contributed by atoms with Crippen LogP contribution in [0.5, 0.6) is 0 Å². The summed E-state index contributed by atoms with van der Waals surface area (Å²) in [6.07, 6.45) is 2.17. The van der Waals surface area contributed by atoms with Crippen LogP contribution < -0.4 is 0 Å². The molecule has 23 heavy (non-hydrogen) atoms. The molecule has 2 aliphatic carbocycles. The number of hydrogen-bond acceptors (Lipinski definition) is 3. The Morgan fingerprint density at radius 1 is 1.26 bits per heavy atom. The van der Waals surface area contributed by atoms with Crippen molar-refractivity contribution in [2.45, 2.75) is 51.4 Å². The van der Waals surface area contributed by atoms with Crippen molar-refractivity contribution in [3.63, 3.8) is 0 Å². The predicted octanol–water partition coefficient (Wildman–Crippen LogP) is 3.92. The number of rotatable bonds is 1. The monoisotopic (exact) mass is 310 g/mol. The highest BCUT2D eigenvalue weighted by atomic mass is 16.5. The molecule has 3 nitrogen and oxygen atoms in total. The van der Waals surface area contributed by atoms with Crippen molar-refractivity contribution in [2.24, 2.45) is 5.92 Å². The number of hydrogen-bond donors (Lipinski definition) is 0. The molecule has 0 unspecified atom stereocenters. The summed E-state index contributed by atoms with van der Waals surface area (Å²) in [5, 5.41) is 0. The largest absolute Gasteiger partial charge is 0.458 e. The van der Waals surface area contributed by atoms with Crippen LogP contribution in [0.4, 0.5) is 0 Å². The van der Waals surface area contributed by atoms with Crippen molar-refractivity contribution >= 4 is 11.8 Å². The first kappa shape index (κ1) is 14.7. The fourth-order valence-corrected chi connectivity index (χ4v) is 4.58. The summed E-state index contributed by atoms with van der Waals surface area (Å²) in [5.74, 6) is 0.566. The molecule has 3 heteroatoms. The van der Waals surface area contributed by atoms with Gasteiger partial charge in [0.2, 0.25) is 0 Å². The third-order valence-corrected chi connectivity index (χ3v) is 6.09. The summed E-state index contributed by atoms with van der Waals surface area (Å²) >= 11 is 0. The van der Waals surface area contributed by atoms with Gasteiger partial charge in [-0.2, -0.15) is 0 Å². The molecule has 0 radical (unpaired) electrons. The molecular weight excluding hydrogens is 288 g/mol. The molecule has 1 heterocycles. The molecule has 1 aromatic carbocycles. The Hall–Kier alpha value is -1.90. The topological polar surface area (TPSA) is 43.4 Å². The van der Waals surface area contributed by atoms with E-state index < -0.39 is 0 Å². The van der Waals surface area contributed by atoms with Gasteiger partial charge in [0.05, 0.1) is 0 Å². The lowest BCUT2D eigenvalue weighted by Crippen LogP contribution is -2.43. The Bertz CT molecular complexity index is 756. The van der Waals surface area contributed by atoms with Crippen LogP contribution in [0.2, 0.25) is 0 Å². The summed E-state index contributed by atoms with van der Waals surface area (Å²) < 4.78 is 5.24. The van der Waals surface area contributed by atoms with Gasteiger partial charge in [-0.1, -0.05) is 32.9 Å². The molecule has 3 aliphatic rings. The summed E-state index contributed by atoms with van der Waals surface area (Å²) in [6, 6.07) is 6.40. The lowest BCUT2D eigenvalue weighted by atomic mass is 9.56. The SMILES string of the molecule is CC(C)c1ccc2c(c1)C(=O)C[C@H]1C3=C(CC[C@]21C)C(=O)OC3. The highest BCUT2D eigenvalue weighted by molar-refractivity contribution is 6.01. The van der Waals surface area contributed by atoms with Gasteiger partial charge in [0, 0.05) is 28.9 Å². The highest BCUT2D eigenvalue weighted by Gasteiger charge is 2.50. The zero-order valence-corrected chi connectivity index (χ0v) is 13.9. The molecule has 0 saturated heterocycles. The van der Waals surface area contributed by atoms with E-state index >= 15 is 0 Å². The van der Waals surface area contributed by atoms with Crippen molar-refractivity contribution < 1.29 is 14.3 Å². The minimum atomic E-state index is -0.171. The number of esters is 1. The Balaban J connectivity index is 1.86. The summed E-state index contributed by atoms with van der Waals surface area (Å²) in [4.78, 5) is 24.6. The summed E-state index contributed by atoms with van der Waals surface area (Å²) in [7, 11) is 0. The van der Waals surface area contributed by atoms with Crippen LogP contribution >= 0.6 is 0 Å². The minimum absolute atomic E-state index is 0.0639. The third-order valence-electron chi connectivity index (χ3n) is 6.09. The van der Waals surface area contributed by atoms with E-state index in [2.05, 4.69) is 39.0 Å². The Labute approximate surface area is 136 Å². The Kier molecular flexibility index (Phi) is 3.06. The summed E-state index contributed by atoms with van der Waals surface area (Å²) in [6.45, 7) is 6.93. The second kappa shape index (κ2) is 4.80. The van der Waals surface area contributed by atoms with Crippen LogP contribution in [-0.2, 0) is 14.9 Å². The quantitative estimate of drug-likeness (QED) is 0.738. The maximum atomic E-state index is 12.8. The van der Waals surface area contributed by atoms with Crippen LogP contribution in [0.25, 0.3) is 0 Å². The zero-order chi connectivity index (χ0) is 16.4. The fourth-order valence-electron chi connectivity index (χ4n) is 4.58. The molecule has 1 aromatic rings. The van der Waals surface area contributed by atoms with Gasteiger partial charge >= 0.3 is 5.97 Å². The van der Waals surface area contributed by atoms with Crippen molar-refractivity contribution in [2.75, 3.05) is 6.61 Å². The van der Waals surface area contributed by atoms with E-state index in [1.54, 1.807) is 0 Å². The minimum Gasteiger partial charge on any atom is -0.458 e. The van der Waals surface area contributed by atoms with E-state index in [0.29, 0.717) is 18.9 Å². The highest BCUT2D eigenvalue weighted by Crippen LogP contribution is 2.53. The molecule has 0 amide bonds. The number of cyclic esters (lactones) is 1. The molecule has 0 aromatic heterocycles. The van der Waals surface area contributed by atoms with Gasteiger partial charge in [0.25, 0.3) is 0 Å². The second-order valence-corrected chi connectivity index (χ2v) is 7.64. The molecule has 0 fully saturated rings. The van der Waals surface area contributed by atoms with E-state index in [4.69, 9.17) is 4.74 Å². The maximum absolute atomic E-state index is 12.8. The first-order valence-electron chi connectivity index (χ1n) is 8.48. The molecule has 1 aliphatic heterocycles. The number of carbonyl (C=O) groups excluding carboxylic acids is 2. The van der Waals surface area contributed by atoms with Crippen LogP contribution in [0.3, 0.4) is 0 Å². The number of Topliss-reactive ketones (excluding diaryl/α,β-unsaturated/α-hetero) is 1. The zero-order valence-electron chi connectivity index (χ0n) is 13.9. The van der Waals surface area contributed by atoms with Gasteiger partial charge in [-0.05, 0) is 41.5 Å². The number of ether oxygens (including phenoxy) is 1. The molecule has 0 spiro atoms. The number of ketones is 1. The lowest BCUT2D eigenvalue weighted by Gasteiger charge is -2.46. The van der Waals surface area contributed by atoms with E-state index in [-0.39, 0.29) is 23.1 Å². The van der Waals surface area contributed by atoms with Crippen LogP contribution in [0.1, 0.15) is 67.4 Å². The predicted molar refractivity (Wildman–Crippen MR) is 87.5 cm³/mol. The van der Waals surface area contributed by atoms with E-state index in [1.165, 1.54) is 5.56 Å². The lowest BCUT2D eigenvalue weighted by molar-refractivity contribution is -0.136. The van der Waals surface area contributed by atoms with Gasteiger partial charge in [0.15, 0.2) is 5.78 Å². The van der Waals surface area contributed by atoms with Crippen molar-refractivity contribution in [1.29, 1.82) is 0 Å². The average Bonchev–Trinajstić information content (AvgIpc) is 2.90. The smallest absolute Gasteiger partial charge is 0.334 e. The van der Waals surface area contributed by atoms with Crippen molar-refractivity contribution in [1.82, 2.24) is 0 Å². The number of carbonyl (C=O) groups is 2. The van der Waals surface area contributed by atoms with E-state index in [0.717, 1.165) is 35.1 Å². The third kappa shape index (κ3) is 1.95. The normalized spacial score (nSPS) is 29.3. The molecular formula is C20H22O3.